The minimum Gasteiger partial charge on any atom is -0.322 e. The highest BCUT2D eigenvalue weighted by Crippen LogP contribution is 2.22. The quantitative estimate of drug-likeness (QED) is 0.811. The summed E-state index contributed by atoms with van der Waals surface area (Å²) in [6.45, 7) is 1.66. The summed E-state index contributed by atoms with van der Waals surface area (Å²) in [4.78, 5) is 40.8. The van der Waals surface area contributed by atoms with Crippen molar-refractivity contribution in [3.8, 4) is 0 Å². The molecule has 2 N–H and O–H groups in total. The number of nitrogens with one attached hydrogen (secondary N) is 2. The van der Waals surface area contributed by atoms with Crippen molar-refractivity contribution in [3.63, 3.8) is 0 Å². The van der Waals surface area contributed by atoms with Crippen molar-refractivity contribution in [3.05, 3.63) is 66.0 Å². The van der Waals surface area contributed by atoms with Crippen LogP contribution in [0.3, 0.4) is 0 Å². The molecule has 7 heteroatoms. The zero-order chi connectivity index (χ0) is 17.9. The van der Waals surface area contributed by atoms with E-state index in [0.717, 1.165) is 10.6 Å². The van der Waals surface area contributed by atoms with Crippen molar-refractivity contribution >= 4 is 17.8 Å². The number of hydrogen-bond donors (Lipinski definition) is 2. The predicted octanol–water partition coefficient (Wildman–Crippen LogP) is 1.67. The van der Waals surface area contributed by atoms with E-state index in [0.29, 0.717) is 12.8 Å². The van der Waals surface area contributed by atoms with E-state index in [9.17, 15) is 14.4 Å². The molecule has 0 spiro atoms. The lowest BCUT2D eigenvalue weighted by atomic mass is 9.93. The molecule has 0 saturated carbocycles. The molecule has 1 saturated heterocycles. The number of amides is 4. The third-order valence-electron chi connectivity index (χ3n) is 4.15. The van der Waals surface area contributed by atoms with E-state index >= 15 is 0 Å². The lowest BCUT2D eigenvalue weighted by molar-refractivity contribution is -0.132. The van der Waals surface area contributed by atoms with Gasteiger partial charge in [0.1, 0.15) is 5.54 Å². The lowest BCUT2D eigenvalue weighted by Crippen LogP contribution is -2.49. The summed E-state index contributed by atoms with van der Waals surface area (Å²) >= 11 is 0. The van der Waals surface area contributed by atoms with Crippen molar-refractivity contribution in [1.29, 1.82) is 0 Å². The van der Waals surface area contributed by atoms with Crippen LogP contribution < -0.4 is 10.7 Å². The summed E-state index contributed by atoms with van der Waals surface area (Å²) in [7, 11) is 0. The average Bonchev–Trinajstić information content (AvgIpc) is 2.85. The molecule has 2 aromatic rings. The SMILES string of the molecule is C[C@]1(CCc2ccccc2)NC(=O)N(NC(=O)c2cccnc2)C1=O. The number of hydrazine groups is 1. The standard InChI is InChI=1S/C18H18N4O3/c1-18(10-9-13-6-3-2-4-7-13)16(24)22(17(25)20-18)21-15(23)14-8-5-11-19-12-14/h2-8,11-12H,9-10H2,1H3,(H,20,25)(H,21,23)/t18-/m1/s1. The summed E-state index contributed by atoms with van der Waals surface area (Å²) in [6.07, 6.45) is 3.96. The first-order valence-corrected chi connectivity index (χ1v) is 7.91. The second kappa shape index (κ2) is 6.72. The molecule has 1 aromatic carbocycles. The average molecular weight is 338 g/mol. The molecule has 1 aliphatic heterocycles. The number of benzene rings is 1. The molecule has 128 valence electrons. The van der Waals surface area contributed by atoms with Crippen molar-refractivity contribution in [2.24, 2.45) is 0 Å². The predicted molar refractivity (Wildman–Crippen MR) is 90.2 cm³/mol. The van der Waals surface area contributed by atoms with Crippen LogP contribution in [0.1, 0.15) is 29.3 Å². The maximum atomic E-state index is 12.6. The first-order chi connectivity index (χ1) is 12.0. The Labute approximate surface area is 145 Å². The molecule has 4 amide bonds. The Morgan fingerprint density at radius 1 is 1.20 bits per heavy atom. The smallest absolute Gasteiger partial charge is 0.322 e. The van der Waals surface area contributed by atoms with Gasteiger partial charge in [0.15, 0.2) is 0 Å². The number of pyridine rings is 1. The van der Waals surface area contributed by atoms with Crippen molar-refractivity contribution < 1.29 is 14.4 Å². The molecule has 3 rings (SSSR count). The number of hydrogen-bond acceptors (Lipinski definition) is 4. The molecule has 7 nitrogen and oxygen atoms in total. The fourth-order valence-electron chi connectivity index (χ4n) is 2.66. The van der Waals surface area contributed by atoms with Crippen LogP contribution in [0.4, 0.5) is 4.79 Å². The van der Waals surface area contributed by atoms with Gasteiger partial charge >= 0.3 is 6.03 Å². The van der Waals surface area contributed by atoms with Gasteiger partial charge in [-0.25, -0.2) is 4.79 Å². The molecule has 0 unspecified atom stereocenters. The molecule has 1 aliphatic rings. The fourth-order valence-corrected chi connectivity index (χ4v) is 2.66. The van der Waals surface area contributed by atoms with Crippen molar-refractivity contribution in [2.45, 2.75) is 25.3 Å². The van der Waals surface area contributed by atoms with Crippen LogP contribution in [-0.2, 0) is 11.2 Å². The molecule has 0 radical (unpaired) electrons. The van der Waals surface area contributed by atoms with Gasteiger partial charge in [0.2, 0.25) is 0 Å². The van der Waals surface area contributed by atoms with Crippen LogP contribution in [0.2, 0.25) is 0 Å². The highest BCUT2D eigenvalue weighted by molar-refractivity contribution is 6.09. The zero-order valence-electron chi connectivity index (χ0n) is 13.7. The van der Waals surface area contributed by atoms with Crippen LogP contribution >= 0.6 is 0 Å². The molecule has 1 aromatic heterocycles. The zero-order valence-corrected chi connectivity index (χ0v) is 13.7. The largest absolute Gasteiger partial charge is 0.344 e. The van der Waals surface area contributed by atoms with Gasteiger partial charge in [-0.3, -0.25) is 20.0 Å². The number of carbonyl (C=O) groups excluding carboxylic acids is 3. The van der Waals surface area contributed by atoms with E-state index in [1.165, 1.54) is 12.4 Å². The highest BCUT2D eigenvalue weighted by Gasteiger charge is 2.48. The van der Waals surface area contributed by atoms with Crippen LogP contribution in [0.5, 0.6) is 0 Å². The lowest BCUT2D eigenvalue weighted by Gasteiger charge is -2.21. The second-order valence-corrected chi connectivity index (χ2v) is 6.07. The van der Waals surface area contributed by atoms with E-state index in [1.807, 2.05) is 30.3 Å². The van der Waals surface area contributed by atoms with Crippen LogP contribution in [-0.4, -0.2) is 33.4 Å². The molecule has 0 aliphatic carbocycles. The minimum absolute atomic E-state index is 0.265. The van der Waals surface area contributed by atoms with Gasteiger partial charge in [0, 0.05) is 12.4 Å². The number of rotatable bonds is 5. The molecule has 2 heterocycles. The maximum absolute atomic E-state index is 12.6. The molecular weight excluding hydrogens is 320 g/mol. The van der Waals surface area contributed by atoms with E-state index < -0.39 is 23.4 Å². The third-order valence-corrected chi connectivity index (χ3v) is 4.15. The van der Waals surface area contributed by atoms with Gasteiger partial charge < -0.3 is 5.32 Å². The van der Waals surface area contributed by atoms with E-state index in [1.54, 1.807) is 19.1 Å². The van der Waals surface area contributed by atoms with Gasteiger partial charge in [-0.15, -0.1) is 0 Å². The van der Waals surface area contributed by atoms with E-state index in [4.69, 9.17) is 0 Å². The number of imide groups is 1. The van der Waals surface area contributed by atoms with Crippen LogP contribution in [0, 0.1) is 0 Å². The Morgan fingerprint density at radius 2 is 1.96 bits per heavy atom. The van der Waals surface area contributed by atoms with E-state index in [2.05, 4.69) is 15.7 Å². The summed E-state index contributed by atoms with van der Waals surface area (Å²) in [5.41, 5.74) is 2.62. The Balaban J connectivity index is 1.68. The number of aromatic nitrogens is 1. The first kappa shape index (κ1) is 16.6. The Morgan fingerprint density at radius 3 is 2.64 bits per heavy atom. The van der Waals surface area contributed by atoms with Gasteiger partial charge in [-0.1, -0.05) is 30.3 Å². The van der Waals surface area contributed by atoms with Gasteiger partial charge in [0.05, 0.1) is 5.56 Å². The second-order valence-electron chi connectivity index (χ2n) is 6.07. The minimum atomic E-state index is -1.06. The van der Waals surface area contributed by atoms with Gasteiger partial charge in [-0.05, 0) is 37.5 Å². The van der Waals surface area contributed by atoms with Crippen molar-refractivity contribution in [1.82, 2.24) is 20.7 Å². The van der Waals surface area contributed by atoms with Gasteiger partial charge in [0.25, 0.3) is 11.8 Å². The maximum Gasteiger partial charge on any atom is 0.344 e. The fraction of sp³-hybridized carbons (Fsp3) is 0.222. The number of carbonyl (C=O) groups is 3. The third kappa shape index (κ3) is 3.50. The molecular formula is C18H18N4O3. The summed E-state index contributed by atoms with van der Waals surface area (Å²) in [5, 5.41) is 3.40. The van der Waals surface area contributed by atoms with Crippen LogP contribution in [0.25, 0.3) is 0 Å². The monoisotopic (exact) mass is 338 g/mol. The summed E-state index contributed by atoms with van der Waals surface area (Å²) < 4.78 is 0. The number of aryl methyl sites for hydroxylation is 1. The van der Waals surface area contributed by atoms with E-state index in [-0.39, 0.29) is 5.56 Å². The number of nitrogens with zero attached hydrogens (tertiary/aromatic N) is 2. The summed E-state index contributed by atoms with van der Waals surface area (Å²) in [5.74, 6) is -1.05. The first-order valence-electron chi connectivity index (χ1n) is 7.91. The molecule has 1 fully saturated rings. The van der Waals surface area contributed by atoms with Crippen molar-refractivity contribution in [2.75, 3.05) is 0 Å². The highest BCUT2D eigenvalue weighted by atomic mass is 16.2. The topological polar surface area (TPSA) is 91.4 Å². The normalized spacial score (nSPS) is 19.6. The molecule has 1 atom stereocenters. The van der Waals surface area contributed by atoms with Gasteiger partial charge in [-0.2, -0.15) is 5.01 Å². The molecule has 0 bridgehead atoms. The molecule has 25 heavy (non-hydrogen) atoms. The Bertz CT molecular complexity index is 794. The number of urea groups is 1. The van der Waals surface area contributed by atoms with Crippen LogP contribution in [0.15, 0.2) is 54.9 Å². The Hall–Kier alpha value is -3.22. The summed E-state index contributed by atoms with van der Waals surface area (Å²) in [6, 6.07) is 12.2. The Kier molecular flexibility index (Phi) is 4.47.